The van der Waals surface area contributed by atoms with Crippen molar-refractivity contribution in [2.45, 2.75) is 32.6 Å². The molecule has 0 fully saturated rings. The van der Waals surface area contributed by atoms with E-state index in [0.29, 0.717) is 12.3 Å². The average molecular weight is 231 g/mol. The lowest BCUT2D eigenvalue weighted by molar-refractivity contribution is 0.406. The topological polar surface area (TPSA) is 12.9 Å². The average Bonchev–Trinajstić information content (AvgIpc) is 2.29. The van der Waals surface area contributed by atoms with E-state index in [2.05, 4.69) is 11.6 Å². The van der Waals surface area contributed by atoms with Crippen molar-refractivity contribution >= 4 is 5.57 Å². The highest BCUT2D eigenvalue weighted by molar-refractivity contribution is 5.63. The van der Waals surface area contributed by atoms with Crippen LogP contribution in [0.4, 0.5) is 4.39 Å². The number of aromatic nitrogens is 1. The minimum Gasteiger partial charge on any atom is -0.264 e. The molecule has 0 saturated carbocycles. The van der Waals surface area contributed by atoms with Gasteiger partial charge < -0.3 is 0 Å². The molecule has 90 valence electrons. The van der Waals surface area contributed by atoms with Gasteiger partial charge in [-0.15, -0.1) is 0 Å². The van der Waals surface area contributed by atoms with Crippen LogP contribution in [0.2, 0.25) is 0 Å². The van der Waals surface area contributed by atoms with E-state index in [4.69, 9.17) is 0 Å². The summed E-state index contributed by atoms with van der Waals surface area (Å²) in [5.41, 5.74) is 3.41. The maximum Gasteiger partial charge on any atom is 0.0962 e. The molecule has 0 aromatic carbocycles. The molecular formula is C15H18FN. The molecule has 1 heterocycles. The first-order chi connectivity index (χ1) is 8.16. The molecule has 1 aliphatic rings. The fourth-order valence-corrected chi connectivity index (χ4v) is 2.43. The Bertz CT molecular complexity index is 448. The number of hydrogen-bond donors (Lipinski definition) is 0. The van der Waals surface area contributed by atoms with Gasteiger partial charge in [-0.1, -0.05) is 18.2 Å². The fraction of sp³-hybridized carbons (Fsp3) is 0.400. The Labute approximate surface area is 102 Å². The first kappa shape index (κ1) is 12.0. The zero-order chi connectivity index (χ0) is 12.3. The molecule has 0 N–H and O–H groups in total. The van der Waals surface area contributed by atoms with Gasteiger partial charge in [0.2, 0.25) is 0 Å². The highest BCUT2D eigenvalue weighted by Crippen LogP contribution is 2.29. The fourth-order valence-electron chi connectivity index (χ4n) is 2.43. The zero-order valence-corrected chi connectivity index (χ0v) is 10.2. The number of allylic oxidation sites excluding steroid dienone is 3. The maximum absolute atomic E-state index is 13.2. The number of rotatable bonds is 3. The molecule has 1 unspecified atom stereocenters. The van der Waals surface area contributed by atoms with E-state index in [-0.39, 0.29) is 5.83 Å². The van der Waals surface area contributed by atoms with Crippen LogP contribution in [0, 0.1) is 5.92 Å². The SMILES string of the molecule is C=C(C)c1ccncc1CC1CCC=C(F)C1. The summed E-state index contributed by atoms with van der Waals surface area (Å²) in [5, 5.41) is 0. The Morgan fingerprint density at radius 1 is 1.59 bits per heavy atom. The van der Waals surface area contributed by atoms with Crippen LogP contribution < -0.4 is 0 Å². The number of pyridine rings is 1. The molecule has 17 heavy (non-hydrogen) atoms. The second-order valence-electron chi connectivity index (χ2n) is 4.82. The van der Waals surface area contributed by atoms with Gasteiger partial charge >= 0.3 is 0 Å². The molecule has 2 rings (SSSR count). The van der Waals surface area contributed by atoms with E-state index in [1.165, 1.54) is 5.56 Å². The summed E-state index contributed by atoms with van der Waals surface area (Å²) in [4.78, 5) is 4.16. The van der Waals surface area contributed by atoms with Crippen molar-refractivity contribution in [1.82, 2.24) is 4.98 Å². The van der Waals surface area contributed by atoms with E-state index < -0.39 is 0 Å². The molecule has 0 spiro atoms. The molecule has 1 aromatic heterocycles. The predicted molar refractivity (Wildman–Crippen MR) is 69.2 cm³/mol. The lowest BCUT2D eigenvalue weighted by Gasteiger charge is -2.20. The third kappa shape index (κ3) is 3.02. The van der Waals surface area contributed by atoms with Crippen LogP contribution >= 0.6 is 0 Å². The molecular weight excluding hydrogens is 213 g/mol. The predicted octanol–water partition coefficient (Wildman–Crippen LogP) is 4.31. The van der Waals surface area contributed by atoms with Gasteiger partial charge in [-0.3, -0.25) is 4.98 Å². The zero-order valence-electron chi connectivity index (χ0n) is 10.2. The van der Waals surface area contributed by atoms with Gasteiger partial charge in [-0.25, -0.2) is 4.39 Å². The number of nitrogens with zero attached hydrogens (tertiary/aromatic N) is 1. The standard InChI is InChI=1S/C15H18FN/c1-11(2)15-6-7-17-10-13(15)8-12-4-3-5-14(16)9-12/h5-7,10,12H,1,3-4,8-9H2,2H3. The van der Waals surface area contributed by atoms with Crippen LogP contribution in [-0.2, 0) is 6.42 Å². The number of hydrogen-bond acceptors (Lipinski definition) is 1. The van der Waals surface area contributed by atoms with Crippen LogP contribution in [0.25, 0.3) is 5.57 Å². The summed E-state index contributed by atoms with van der Waals surface area (Å²) < 4.78 is 13.2. The Balaban J connectivity index is 2.13. The van der Waals surface area contributed by atoms with Gasteiger partial charge in [0.25, 0.3) is 0 Å². The molecule has 0 saturated heterocycles. The smallest absolute Gasteiger partial charge is 0.0962 e. The van der Waals surface area contributed by atoms with Gasteiger partial charge in [0, 0.05) is 18.8 Å². The molecule has 1 nitrogen and oxygen atoms in total. The van der Waals surface area contributed by atoms with Gasteiger partial charge in [-0.05, 0) is 49.3 Å². The van der Waals surface area contributed by atoms with Gasteiger partial charge in [-0.2, -0.15) is 0 Å². The van der Waals surface area contributed by atoms with Crippen LogP contribution in [0.15, 0.2) is 36.9 Å². The lowest BCUT2D eigenvalue weighted by atomic mass is 9.86. The molecule has 1 atom stereocenters. The summed E-state index contributed by atoms with van der Waals surface area (Å²) in [6.45, 7) is 5.98. The Morgan fingerprint density at radius 3 is 3.12 bits per heavy atom. The van der Waals surface area contributed by atoms with E-state index in [0.717, 1.165) is 30.4 Å². The summed E-state index contributed by atoms with van der Waals surface area (Å²) >= 11 is 0. The van der Waals surface area contributed by atoms with E-state index in [1.54, 1.807) is 12.3 Å². The normalized spacial score (nSPS) is 19.9. The van der Waals surface area contributed by atoms with Crippen molar-refractivity contribution in [2.75, 3.05) is 0 Å². The molecule has 0 bridgehead atoms. The summed E-state index contributed by atoms with van der Waals surface area (Å²) in [6.07, 6.45) is 8.79. The highest BCUT2D eigenvalue weighted by Gasteiger charge is 2.17. The third-order valence-electron chi connectivity index (χ3n) is 3.30. The third-order valence-corrected chi connectivity index (χ3v) is 3.30. The van der Waals surface area contributed by atoms with E-state index in [9.17, 15) is 4.39 Å². The second-order valence-corrected chi connectivity index (χ2v) is 4.82. The minimum atomic E-state index is 0.0435. The summed E-state index contributed by atoms with van der Waals surface area (Å²) in [7, 11) is 0. The van der Waals surface area contributed by atoms with Crippen LogP contribution in [0.1, 0.15) is 37.3 Å². The minimum absolute atomic E-state index is 0.0435. The maximum atomic E-state index is 13.2. The van der Waals surface area contributed by atoms with E-state index in [1.807, 2.05) is 19.2 Å². The first-order valence-electron chi connectivity index (χ1n) is 6.10. The van der Waals surface area contributed by atoms with Crippen molar-refractivity contribution in [1.29, 1.82) is 0 Å². The Morgan fingerprint density at radius 2 is 2.41 bits per heavy atom. The number of halogens is 1. The van der Waals surface area contributed by atoms with Crippen molar-refractivity contribution in [2.24, 2.45) is 5.92 Å². The Kier molecular flexibility index (Phi) is 3.72. The van der Waals surface area contributed by atoms with Crippen molar-refractivity contribution in [3.8, 4) is 0 Å². The van der Waals surface area contributed by atoms with Crippen LogP contribution in [0.3, 0.4) is 0 Å². The summed E-state index contributed by atoms with van der Waals surface area (Å²) in [6, 6.07) is 1.99. The van der Waals surface area contributed by atoms with Crippen molar-refractivity contribution in [3.05, 3.63) is 48.1 Å². The monoisotopic (exact) mass is 231 g/mol. The van der Waals surface area contributed by atoms with Gasteiger partial charge in [0.05, 0.1) is 5.83 Å². The molecule has 1 aliphatic carbocycles. The van der Waals surface area contributed by atoms with Crippen LogP contribution in [-0.4, -0.2) is 4.98 Å². The van der Waals surface area contributed by atoms with Crippen LogP contribution in [0.5, 0.6) is 0 Å². The van der Waals surface area contributed by atoms with E-state index >= 15 is 0 Å². The molecule has 0 radical (unpaired) electrons. The van der Waals surface area contributed by atoms with Crippen molar-refractivity contribution < 1.29 is 4.39 Å². The molecule has 2 heteroatoms. The molecule has 1 aromatic rings. The van der Waals surface area contributed by atoms with Gasteiger partial charge in [0.15, 0.2) is 0 Å². The van der Waals surface area contributed by atoms with Crippen molar-refractivity contribution in [3.63, 3.8) is 0 Å². The van der Waals surface area contributed by atoms with Gasteiger partial charge in [0.1, 0.15) is 0 Å². The Hall–Kier alpha value is -1.44. The largest absolute Gasteiger partial charge is 0.264 e. The summed E-state index contributed by atoms with van der Waals surface area (Å²) in [5.74, 6) is 0.448. The molecule has 0 aliphatic heterocycles. The molecule has 0 amide bonds. The second kappa shape index (κ2) is 5.26. The lowest BCUT2D eigenvalue weighted by Crippen LogP contribution is -2.09. The quantitative estimate of drug-likeness (QED) is 0.755. The first-order valence-corrected chi connectivity index (χ1v) is 6.10. The highest BCUT2D eigenvalue weighted by atomic mass is 19.1.